The molecule has 4 heteroatoms. The number of pyridine rings is 1. The van der Waals surface area contributed by atoms with Crippen molar-refractivity contribution >= 4 is 0 Å². The van der Waals surface area contributed by atoms with Crippen LogP contribution in [0.15, 0.2) is 42.5 Å². The average molecular weight is 254 g/mol. The van der Waals surface area contributed by atoms with Crippen molar-refractivity contribution in [1.29, 1.82) is 5.26 Å². The quantitative estimate of drug-likeness (QED) is 0.819. The molecular formula is C15H14N2O2. The SMILES string of the molecule is CCCOc1ccccc1Oc1cccc(C#N)n1. The first-order chi connectivity index (χ1) is 9.33. The summed E-state index contributed by atoms with van der Waals surface area (Å²) >= 11 is 0. The molecule has 96 valence electrons. The molecule has 4 nitrogen and oxygen atoms in total. The van der Waals surface area contributed by atoms with E-state index in [9.17, 15) is 0 Å². The molecule has 1 aromatic carbocycles. The Morgan fingerprint density at radius 2 is 1.89 bits per heavy atom. The van der Waals surface area contributed by atoms with Crippen LogP contribution in [0, 0.1) is 11.3 Å². The van der Waals surface area contributed by atoms with Crippen LogP contribution in [0.2, 0.25) is 0 Å². The summed E-state index contributed by atoms with van der Waals surface area (Å²) < 4.78 is 11.3. The van der Waals surface area contributed by atoms with Gasteiger partial charge in [0.25, 0.3) is 0 Å². The van der Waals surface area contributed by atoms with E-state index in [4.69, 9.17) is 14.7 Å². The van der Waals surface area contributed by atoms with Crippen molar-refractivity contribution < 1.29 is 9.47 Å². The number of nitrogens with zero attached hydrogens (tertiary/aromatic N) is 2. The smallest absolute Gasteiger partial charge is 0.220 e. The van der Waals surface area contributed by atoms with E-state index in [0.29, 0.717) is 29.7 Å². The minimum absolute atomic E-state index is 0.324. The van der Waals surface area contributed by atoms with Crippen LogP contribution in [0.4, 0.5) is 0 Å². The van der Waals surface area contributed by atoms with Gasteiger partial charge >= 0.3 is 0 Å². The maximum absolute atomic E-state index is 8.81. The van der Waals surface area contributed by atoms with Gasteiger partial charge in [-0.2, -0.15) is 5.26 Å². The molecule has 0 amide bonds. The number of para-hydroxylation sites is 2. The van der Waals surface area contributed by atoms with Crippen LogP contribution >= 0.6 is 0 Å². The summed E-state index contributed by atoms with van der Waals surface area (Å²) in [5, 5.41) is 8.81. The highest BCUT2D eigenvalue weighted by Crippen LogP contribution is 2.30. The average Bonchev–Trinajstić information content (AvgIpc) is 2.46. The summed E-state index contributed by atoms with van der Waals surface area (Å²) in [4.78, 5) is 4.07. The number of nitriles is 1. The van der Waals surface area contributed by atoms with Crippen LogP contribution in [0.1, 0.15) is 19.0 Å². The maximum atomic E-state index is 8.81. The molecule has 2 aromatic rings. The fourth-order valence-electron chi connectivity index (χ4n) is 1.51. The fraction of sp³-hybridized carbons (Fsp3) is 0.200. The second-order valence-electron chi connectivity index (χ2n) is 3.87. The monoisotopic (exact) mass is 254 g/mol. The number of hydrogen-bond donors (Lipinski definition) is 0. The van der Waals surface area contributed by atoms with Crippen LogP contribution in [-0.4, -0.2) is 11.6 Å². The molecule has 19 heavy (non-hydrogen) atoms. The molecule has 0 aliphatic heterocycles. The lowest BCUT2D eigenvalue weighted by molar-refractivity contribution is 0.301. The normalized spacial score (nSPS) is 9.68. The Bertz CT molecular complexity index is 591. The van der Waals surface area contributed by atoms with Gasteiger partial charge in [-0.15, -0.1) is 0 Å². The van der Waals surface area contributed by atoms with Gasteiger partial charge in [0, 0.05) is 6.07 Å². The summed E-state index contributed by atoms with van der Waals surface area (Å²) in [7, 11) is 0. The molecule has 0 aliphatic carbocycles. The highest BCUT2D eigenvalue weighted by Gasteiger charge is 2.06. The van der Waals surface area contributed by atoms with Gasteiger partial charge < -0.3 is 9.47 Å². The van der Waals surface area contributed by atoms with Crippen LogP contribution in [0.3, 0.4) is 0 Å². The summed E-state index contributed by atoms with van der Waals surface area (Å²) in [5.41, 5.74) is 0.324. The minimum atomic E-state index is 0.324. The van der Waals surface area contributed by atoms with Crippen molar-refractivity contribution in [2.45, 2.75) is 13.3 Å². The van der Waals surface area contributed by atoms with E-state index in [1.54, 1.807) is 18.2 Å². The topological polar surface area (TPSA) is 55.1 Å². The van der Waals surface area contributed by atoms with Crippen molar-refractivity contribution in [2.24, 2.45) is 0 Å². The maximum Gasteiger partial charge on any atom is 0.220 e. The minimum Gasteiger partial charge on any atom is -0.490 e. The summed E-state index contributed by atoms with van der Waals surface area (Å²) in [6.07, 6.45) is 0.927. The second-order valence-corrected chi connectivity index (χ2v) is 3.87. The Labute approximate surface area is 112 Å². The first-order valence-corrected chi connectivity index (χ1v) is 6.10. The molecule has 0 saturated heterocycles. The first kappa shape index (κ1) is 12.9. The van der Waals surface area contributed by atoms with Gasteiger partial charge in [0.05, 0.1) is 6.61 Å². The molecule has 0 radical (unpaired) electrons. The Kier molecular flexibility index (Phi) is 4.35. The lowest BCUT2D eigenvalue weighted by Gasteiger charge is -2.11. The molecule has 1 aromatic heterocycles. The molecule has 0 unspecified atom stereocenters. The molecule has 0 spiro atoms. The van der Waals surface area contributed by atoms with Gasteiger partial charge in [-0.05, 0) is 24.6 Å². The van der Waals surface area contributed by atoms with Crippen LogP contribution in [-0.2, 0) is 0 Å². The molecular weight excluding hydrogens is 240 g/mol. The van der Waals surface area contributed by atoms with Crippen molar-refractivity contribution in [3.63, 3.8) is 0 Å². The Hall–Kier alpha value is -2.54. The molecule has 0 aliphatic rings. The van der Waals surface area contributed by atoms with E-state index in [2.05, 4.69) is 4.98 Å². The number of ether oxygens (including phenoxy) is 2. The summed E-state index contributed by atoms with van der Waals surface area (Å²) in [6.45, 7) is 2.67. The zero-order valence-electron chi connectivity index (χ0n) is 10.7. The highest BCUT2D eigenvalue weighted by atomic mass is 16.5. The van der Waals surface area contributed by atoms with Gasteiger partial charge in [0.15, 0.2) is 11.5 Å². The second kappa shape index (κ2) is 6.41. The van der Waals surface area contributed by atoms with Crippen molar-refractivity contribution in [1.82, 2.24) is 4.98 Å². The first-order valence-electron chi connectivity index (χ1n) is 6.10. The zero-order valence-corrected chi connectivity index (χ0v) is 10.7. The van der Waals surface area contributed by atoms with E-state index < -0.39 is 0 Å². The fourth-order valence-corrected chi connectivity index (χ4v) is 1.51. The zero-order chi connectivity index (χ0) is 13.5. The molecule has 2 rings (SSSR count). The third-order valence-electron chi connectivity index (χ3n) is 2.36. The van der Waals surface area contributed by atoms with Gasteiger partial charge in [-0.25, -0.2) is 4.98 Å². The van der Waals surface area contributed by atoms with Crippen molar-refractivity contribution in [2.75, 3.05) is 6.61 Å². The lowest BCUT2D eigenvalue weighted by Crippen LogP contribution is -1.98. The largest absolute Gasteiger partial charge is 0.490 e. The van der Waals surface area contributed by atoms with Crippen LogP contribution in [0.25, 0.3) is 0 Å². The number of benzene rings is 1. The van der Waals surface area contributed by atoms with Crippen LogP contribution in [0.5, 0.6) is 17.4 Å². The Morgan fingerprint density at radius 3 is 2.63 bits per heavy atom. The highest BCUT2D eigenvalue weighted by molar-refractivity contribution is 5.42. The van der Waals surface area contributed by atoms with E-state index in [1.165, 1.54) is 0 Å². The number of hydrogen-bond acceptors (Lipinski definition) is 4. The van der Waals surface area contributed by atoms with E-state index in [-0.39, 0.29) is 0 Å². The predicted octanol–water partition coefficient (Wildman–Crippen LogP) is 3.53. The van der Waals surface area contributed by atoms with Gasteiger partial charge in [0.2, 0.25) is 5.88 Å². The molecule has 0 atom stereocenters. The van der Waals surface area contributed by atoms with Gasteiger partial charge in [0.1, 0.15) is 11.8 Å². The van der Waals surface area contributed by atoms with E-state index in [0.717, 1.165) is 6.42 Å². The third kappa shape index (κ3) is 3.46. The molecule has 0 N–H and O–H groups in total. The predicted molar refractivity (Wildman–Crippen MR) is 71.3 cm³/mol. The lowest BCUT2D eigenvalue weighted by atomic mass is 10.3. The van der Waals surface area contributed by atoms with E-state index >= 15 is 0 Å². The summed E-state index contributed by atoms with van der Waals surface area (Å²) in [6, 6.07) is 14.5. The summed E-state index contributed by atoms with van der Waals surface area (Å²) in [5.74, 6) is 1.65. The van der Waals surface area contributed by atoms with E-state index in [1.807, 2.05) is 37.3 Å². The molecule has 0 fully saturated rings. The van der Waals surface area contributed by atoms with Crippen molar-refractivity contribution in [3.05, 3.63) is 48.2 Å². The Balaban J connectivity index is 2.20. The third-order valence-corrected chi connectivity index (χ3v) is 2.36. The number of rotatable bonds is 5. The Morgan fingerprint density at radius 1 is 1.11 bits per heavy atom. The molecule has 1 heterocycles. The van der Waals surface area contributed by atoms with Crippen molar-refractivity contribution in [3.8, 4) is 23.4 Å². The number of aromatic nitrogens is 1. The van der Waals surface area contributed by atoms with Gasteiger partial charge in [-0.1, -0.05) is 25.1 Å². The van der Waals surface area contributed by atoms with Gasteiger partial charge in [-0.3, -0.25) is 0 Å². The standard InChI is InChI=1S/C15H14N2O2/c1-2-10-18-13-7-3-4-8-14(13)19-15-9-5-6-12(11-16)17-15/h3-9H,2,10H2,1H3. The van der Waals surface area contributed by atoms with Crippen LogP contribution < -0.4 is 9.47 Å². The molecule has 0 saturated carbocycles. The molecule has 0 bridgehead atoms.